The highest BCUT2D eigenvalue weighted by Crippen LogP contribution is 2.36. The van der Waals surface area contributed by atoms with Crippen LogP contribution in [0.3, 0.4) is 0 Å². The number of hydrogen-bond acceptors (Lipinski definition) is 2. The molecular weight excluding hydrogens is 360 g/mol. The lowest BCUT2D eigenvalue weighted by Crippen LogP contribution is -2.11. The van der Waals surface area contributed by atoms with E-state index in [1.165, 1.54) is 0 Å². The number of rotatable bonds is 5. The zero-order valence-corrected chi connectivity index (χ0v) is 15.6. The first kappa shape index (κ1) is 17.4. The molecule has 1 amide bonds. The standard InChI is InChI=1S/C22H18ClN2O2/c1-2-27-19-12-4-3-7-14(19)13-25-18-11-6-9-16(22(24)26)20(18)15-8-5-10-17(23)21(15)25/h3-7,9-12H,2,13H2,1H3,(H2,24,26). The number of halogens is 1. The third-order valence-corrected chi connectivity index (χ3v) is 4.94. The van der Waals surface area contributed by atoms with Crippen molar-refractivity contribution in [2.75, 3.05) is 6.61 Å². The SMILES string of the molecule is CCOc1ccccc1Cn1c2cccc(C(N)=O)c2c2[c]ccc(Cl)c21. The molecule has 1 aromatic heterocycles. The van der Waals surface area contributed by atoms with Crippen LogP contribution in [0.4, 0.5) is 0 Å². The van der Waals surface area contributed by atoms with Crippen LogP contribution in [0.2, 0.25) is 5.02 Å². The first-order valence-electron chi connectivity index (χ1n) is 8.73. The fourth-order valence-electron chi connectivity index (χ4n) is 3.54. The highest BCUT2D eigenvalue weighted by molar-refractivity contribution is 6.36. The number of nitrogens with two attached hydrogens (primary N) is 1. The van der Waals surface area contributed by atoms with Crippen molar-refractivity contribution < 1.29 is 9.53 Å². The minimum Gasteiger partial charge on any atom is -0.494 e. The second-order valence-electron chi connectivity index (χ2n) is 6.24. The highest BCUT2D eigenvalue weighted by Gasteiger charge is 2.19. The second-order valence-corrected chi connectivity index (χ2v) is 6.65. The number of carbonyl (C=O) groups excluding carboxylic acids is 1. The number of hydrogen-bond donors (Lipinski definition) is 1. The summed E-state index contributed by atoms with van der Waals surface area (Å²) in [5.41, 5.74) is 8.83. The summed E-state index contributed by atoms with van der Waals surface area (Å²) in [5.74, 6) is 0.361. The first-order chi connectivity index (χ1) is 13.1. The molecule has 1 heterocycles. The van der Waals surface area contributed by atoms with Crippen LogP contribution in [0.15, 0.2) is 54.6 Å². The normalized spacial score (nSPS) is 11.2. The summed E-state index contributed by atoms with van der Waals surface area (Å²) >= 11 is 6.54. The van der Waals surface area contributed by atoms with E-state index in [0.29, 0.717) is 23.7 Å². The molecule has 3 aromatic carbocycles. The van der Waals surface area contributed by atoms with Crippen molar-refractivity contribution in [2.45, 2.75) is 13.5 Å². The Labute approximate surface area is 162 Å². The number of amides is 1. The van der Waals surface area contributed by atoms with E-state index in [9.17, 15) is 4.79 Å². The van der Waals surface area contributed by atoms with E-state index in [1.54, 1.807) is 18.2 Å². The van der Waals surface area contributed by atoms with Gasteiger partial charge < -0.3 is 15.0 Å². The predicted octanol–water partition coefficient (Wildman–Crippen LogP) is 4.79. The van der Waals surface area contributed by atoms with Gasteiger partial charge in [0.25, 0.3) is 0 Å². The average molecular weight is 378 g/mol. The van der Waals surface area contributed by atoms with Crippen LogP contribution in [0, 0.1) is 6.07 Å². The number of carbonyl (C=O) groups is 1. The molecule has 0 saturated heterocycles. The molecule has 0 bridgehead atoms. The number of ether oxygens (including phenoxy) is 1. The Morgan fingerprint density at radius 2 is 2.00 bits per heavy atom. The van der Waals surface area contributed by atoms with Gasteiger partial charge in [0.2, 0.25) is 5.91 Å². The molecule has 0 aliphatic rings. The van der Waals surface area contributed by atoms with Crippen LogP contribution in [0.25, 0.3) is 21.8 Å². The molecule has 5 heteroatoms. The lowest BCUT2D eigenvalue weighted by molar-refractivity contribution is 0.100. The monoisotopic (exact) mass is 377 g/mol. The molecule has 0 aliphatic heterocycles. The fourth-order valence-corrected chi connectivity index (χ4v) is 3.80. The molecule has 0 unspecified atom stereocenters. The molecule has 27 heavy (non-hydrogen) atoms. The number of primary amides is 1. The van der Waals surface area contributed by atoms with Crippen LogP contribution >= 0.6 is 11.6 Å². The molecule has 0 spiro atoms. The van der Waals surface area contributed by atoms with Gasteiger partial charge in [-0.05, 0) is 37.3 Å². The molecule has 0 atom stereocenters. The van der Waals surface area contributed by atoms with E-state index in [-0.39, 0.29) is 0 Å². The topological polar surface area (TPSA) is 57.2 Å². The number of fused-ring (bicyclic) bond motifs is 3. The third kappa shape index (κ3) is 2.92. The van der Waals surface area contributed by atoms with Crippen molar-refractivity contribution in [3.05, 3.63) is 76.8 Å². The van der Waals surface area contributed by atoms with Crippen LogP contribution in [0.5, 0.6) is 5.75 Å². The maximum Gasteiger partial charge on any atom is 0.249 e. The molecular formula is C22H18ClN2O2. The van der Waals surface area contributed by atoms with Gasteiger partial charge in [-0.25, -0.2) is 0 Å². The number of nitrogens with zero attached hydrogens (tertiary/aromatic N) is 1. The predicted molar refractivity (Wildman–Crippen MR) is 109 cm³/mol. The van der Waals surface area contributed by atoms with E-state index in [2.05, 4.69) is 10.6 Å². The Morgan fingerprint density at radius 1 is 1.19 bits per heavy atom. The van der Waals surface area contributed by atoms with Crippen molar-refractivity contribution in [2.24, 2.45) is 5.73 Å². The van der Waals surface area contributed by atoms with Crippen LogP contribution in [0.1, 0.15) is 22.8 Å². The van der Waals surface area contributed by atoms with Crippen LogP contribution in [-0.4, -0.2) is 17.1 Å². The van der Waals surface area contributed by atoms with E-state index >= 15 is 0 Å². The minimum absolute atomic E-state index is 0.466. The van der Waals surface area contributed by atoms with Gasteiger partial charge in [-0.2, -0.15) is 0 Å². The summed E-state index contributed by atoms with van der Waals surface area (Å²) in [6.45, 7) is 3.10. The Morgan fingerprint density at radius 3 is 2.78 bits per heavy atom. The summed E-state index contributed by atoms with van der Waals surface area (Å²) in [5, 5.41) is 2.17. The Bertz CT molecular complexity index is 1160. The zero-order chi connectivity index (χ0) is 19.0. The van der Waals surface area contributed by atoms with E-state index in [0.717, 1.165) is 33.1 Å². The van der Waals surface area contributed by atoms with Crippen molar-refractivity contribution in [1.29, 1.82) is 0 Å². The van der Waals surface area contributed by atoms with Gasteiger partial charge in [-0.3, -0.25) is 4.79 Å². The van der Waals surface area contributed by atoms with Gasteiger partial charge in [0.05, 0.1) is 29.2 Å². The molecule has 1 radical (unpaired) electrons. The number of aromatic nitrogens is 1. The lowest BCUT2D eigenvalue weighted by Gasteiger charge is -2.13. The van der Waals surface area contributed by atoms with Crippen molar-refractivity contribution in [1.82, 2.24) is 4.57 Å². The summed E-state index contributed by atoms with van der Waals surface area (Å²) < 4.78 is 7.86. The lowest BCUT2D eigenvalue weighted by atomic mass is 10.1. The maximum absolute atomic E-state index is 12.0. The van der Waals surface area contributed by atoms with Crippen LogP contribution in [-0.2, 0) is 6.54 Å². The quantitative estimate of drug-likeness (QED) is 0.543. The number of benzene rings is 3. The van der Waals surface area contributed by atoms with E-state index in [4.69, 9.17) is 22.1 Å². The van der Waals surface area contributed by atoms with Gasteiger partial charge in [0, 0.05) is 21.9 Å². The minimum atomic E-state index is -0.470. The molecule has 0 aliphatic carbocycles. The number of para-hydroxylation sites is 1. The van der Waals surface area contributed by atoms with Gasteiger partial charge in [0.1, 0.15) is 5.75 Å². The third-order valence-electron chi connectivity index (χ3n) is 4.64. The Hall–Kier alpha value is -2.98. The molecule has 2 N–H and O–H groups in total. The van der Waals surface area contributed by atoms with Crippen LogP contribution < -0.4 is 10.5 Å². The largest absolute Gasteiger partial charge is 0.494 e. The van der Waals surface area contributed by atoms with Crippen molar-refractivity contribution >= 4 is 39.3 Å². The fraction of sp³-hybridized carbons (Fsp3) is 0.136. The van der Waals surface area contributed by atoms with E-state index in [1.807, 2.05) is 43.3 Å². The zero-order valence-electron chi connectivity index (χ0n) is 14.8. The Balaban J connectivity index is 2.03. The summed E-state index contributed by atoms with van der Waals surface area (Å²) in [7, 11) is 0. The summed E-state index contributed by atoms with van der Waals surface area (Å²) in [4.78, 5) is 12.0. The first-order valence-corrected chi connectivity index (χ1v) is 9.11. The van der Waals surface area contributed by atoms with E-state index < -0.39 is 5.91 Å². The van der Waals surface area contributed by atoms with Gasteiger partial charge >= 0.3 is 0 Å². The van der Waals surface area contributed by atoms with Crippen molar-refractivity contribution in [3.63, 3.8) is 0 Å². The molecule has 0 saturated carbocycles. The van der Waals surface area contributed by atoms with Gasteiger partial charge in [-0.1, -0.05) is 41.9 Å². The highest BCUT2D eigenvalue weighted by atomic mass is 35.5. The van der Waals surface area contributed by atoms with Gasteiger partial charge in [0.15, 0.2) is 0 Å². The molecule has 4 aromatic rings. The average Bonchev–Trinajstić information content (AvgIpc) is 2.99. The maximum atomic E-state index is 12.0. The smallest absolute Gasteiger partial charge is 0.249 e. The Kier molecular flexibility index (Phi) is 4.50. The molecule has 4 nitrogen and oxygen atoms in total. The van der Waals surface area contributed by atoms with Crippen molar-refractivity contribution in [3.8, 4) is 5.75 Å². The summed E-state index contributed by atoms with van der Waals surface area (Å²) in [6.07, 6.45) is 0. The molecule has 4 rings (SSSR count). The summed E-state index contributed by atoms with van der Waals surface area (Å²) in [6, 6.07) is 20.2. The van der Waals surface area contributed by atoms with Gasteiger partial charge in [-0.15, -0.1) is 0 Å². The second kappa shape index (κ2) is 6.97. The molecule has 0 fully saturated rings. The molecule has 135 valence electrons.